The molecule has 0 spiro atoms. The minimum atomic E-state index is 0.835. The van der Waals surface area contributed by atoms with Crippen molar-refractivity contribution in [2.75, 3.05) is 40.4 Å². The molecule has 0 amide bonds. The summed E-state index contributed by atoms with van der Waals surface area (Å²) in [6.07, 6.45) is 3.90. The fourth-order valence-corrected chi connectivity index (χ4v) is 1.12. The molecule has 1 N–H and O–H groups in total. The first-order valence-corrected chi connectivity index (χ1v) is 5.25. The topological polar surface area (TPSA) is 24.5 Å². The van der Waals surface area contributed by atoms with Crippen molar-refractivity contribution < 1.29 is 4.74 Å². The highest BCUT2D eigenvalue weighted by molar-refractivity contribution is 4.80. The van der Waals surface area contributed by atoms with Crippen LogP contribution in [0.4, 0.5) is 0 Å². The maximum absolute atomic E-state index is 5.47. The summed E-state index contributed by atoms with van der Waals surface area (Å²) in [5.41, 5.74) is 0. The third-order valence-corrected chi connectivity index (χ3v) is 2.16. The van der Waals surface area contributed by atoms with Crippen LogP contribution in [0.1, 0.15) is 19.3 Å². The van der Waals surface area contributed by atoms with Gasteiger partial charge >= 0.3 is 0 Å². The highest BCUT2D eigenvalue weighted by Crippen LogP contribution is 2.18. The predicted octanol–water partition coefficient (Wildman–Crippen LogP) is 0.707. The molecule has 78 valence electrons. The third kappa shape index (κ3) is 6.99. The van der Waals surface area contributed by atoms with Gasteiger partial charge in [0.2, 0.25) is 0 Å². The molecule has 0 aromatic carbocycles. The maximum atomic E-state index is 5.47. The minimum absolute atomic E-state index is 0.835. The molecule has 0 unspecified atom stereocenters. The van der Waals surface area contributed by atoms with Crippen LogP contribution in [0.15, 0.2) is 0 Å². The number of likely N-dealkylation sites (N-methyl/N-ethyl adjacent to an activating group) is 1. The second-order valence-electron chi connectivity index (χ2n) is 4.00. The number of nitrogens with one attached hydrogen (secondary N) is 1. The quantitative estimate of drug-likeness (QED) is 0.565. The fraction of sp³-hybridized carbons (Fsp3) is 1.00. The molecule has 0 atom stereocenters. The Balaban J connectivity index is 1.68. The lowest BCUT2D eigenvalue weighted by molar-refractivity contribution is 0.115. The van der Waals surface area contributed by atoms with E-state index in [4.69, 9.17) is 4.74 Å². The third-order valence-electron chi connectivity index (χ3n) is 2.16. The Bertz CT molecular complexity index is 118. The zero-order chi connectivity index (χ0) is 9.52. The number of nitrogens with zero attached hydrogens (tertiary/aromatic N) is 1. The van der Waals surface area contributed by atoms with Gasteiger partial charge in [0.25, 0.3) is 0 Å². The Morgan fingerprint density at radius 3 is 2.69 bits per heavy atom. The van der Waals surface area contributed by atoms with Crippen LogP contribution in [0.25, 0.3) is 0 Å². The van der Waals surface area contributed by atoms with Gasteiger partial charge in [-0.2, -0.15) is 0 Å². The van der Waals surface area contributed by atoms with Gasteiger partial charge < -0.3 is 15.0 Å². The van der Waals surface area contributed by atoms with Gasteiger partial charge in [0, 0.05) is 19.2 Å². The molecule has 1 saturated carbocycles. The second-order valence-corrected chi connectivity index (χ2v) is 4.00. The molecule has 0 aliphatic heterocycles. The largest absolute Gasteiger partial charge is 0.380 e. The molecular formula is C10H22N2O. The number of hydrogen-bond acceptors (Lipinski definition) is 3. The van der Waals surface area contributed by atoms with E-state index >= 15 is 0 Å². The van der Waals surface area contributed by atoms with Crippen LogP contribution >= 0.6 is 0 Å². The summed E-state index contributed by atoms with van der Waals surface area (Å²) in [6, 6.07) is 0.835. The molecule has 1 fully saturated rings. The van der Waals surface area contributed by atoms with Gasteiger partial charge in [0.1, 0.15) is 0 Å². The predicted molar refractivity (Wildman–Crippen MR) is 55.0 cm³/mol. The lowest BCUT2D eigenvalue weighted by Gasteiger charge is -2.09. The standard InChI is InChI=1S/C10H22N2O/c1-12(2)7-9-13-8-3-6-11-10-4-5-10/h10-11H,3-9H2,1-2H3. The lowest BCUT2D eigenvalue weighted by Crippen LogP contribution is -2.21. The van der Waals surface area contributed by atoms with Gasteiger partial charge in [0.15, 0.2) is 0 Å². The summed E-state index contributed by atoms with van der Waals surface area (Å²) in [5, 5.41) is 3.47. The average molecular weight is 186 g/mol. The van der Waals surface area contributed by atoms with E-state index in [1.54, 1.807) is 0 Å². The van der Waals surface area contributed by atoms with Gasteiger partial charge in [-0.25, -0.2) is 0 Å². The van der Waals surface area contributed by atoms with Gasteiger partial charge in [-0.15, -0.1) is 0 Å². The second kappa shape index (κ2) is 6.35. The SMILES string of the molecule is CN(C)CCOCCCNC1CC1. The van der Waals surface area contributed by atoms with Crippen molar-refractivity contribution in [3.63, 3.8) is 0 Å². The Hall–Kier alpha value is -0.120. The van der Waals surface area contributed by atoms with Crippen LogP contribution in [0.3, 0.4) is 0 Å². The maximum Gasteiger partial charge on any atom is 0.0593 e. The highest BCUT2D eigenvalue weighted by Gasteiger charge is 2.19. The summed E-state index contributed by atoms with van der Waals surface area (Å²) in [5.74, 6) is 0. The number of rotatable bonds is 8. The van der Waals surface area contributed by atoms with Crippen LogP contribution < -0.4 is 5.32 Å². The zero-order valence-corrected chi connectivity index (χ0v) is 8.88. The minimum Gasteiger partial charge on any atom is -0.380 e. The first kappa shape index (κ1) is 11.0. The molecule has 0 aromatic heterocycles. The van der Waals surface area contributed by atoms with Crippen molar-refractivity contribution in [1.29, 1.82) is 0 Å². The van der Waals surface area contributed by atoms with Crippen LogP contribution in [0.5, 0.6) is 0 Å². The lowest BCUT2D eigenvalue weighted by atomic mass is 10.4. The molecule has 3 nitrogen and oxygen atoms in total. The molecule has 3 heteroatoms. The van der Waals surface area contributed by atoms with Crippen LogP contribution in [0.2, 0.25) is 0 Å². The molecule has 13 heavy (non-hydrogen) atoms. The van der Waals surface area contributed by atoms with Crippen LogP contribution in [0, 0.1) is 0 Å². The molecule has 0 aromatic rings. The van der Waals surface area contributed by atoms with Crippen molar-refractivity contribution in [3.8, 4) is 0 Å². The van der Waals surface area contributed by atoms with Crippen molar-refractivity contribution in [2.45, 2.75) is 25.3 Å². The van der Waals surface area contributed by atoms with Gasteiger partial charge in [0.05, 0.1) is 6.61 Å². The monoisotopic (exact) mass is 186 g/mol. The Morgan fingerprint density at radius 2 is 2.08 bits per heavy atom. The van der Waals surface area contributed by atoms with Crippen LogP contribution in [-0.4, -0.2) is 51.3 Å². The Morgan fingerprint density at radius 1 is 1.31 bits per heavy atom. The number of hydrogen-bond donors (Lipinski definition) is 1. The molecule has 0 heterocycles. The molecule has 0 radical (unpaired) electrons. The smallest absolute Gasteiger partial charge is 0.0593 e. The van der Waals surface area contributed by atoms with Crippen LogP contribution in [-0.2, 0) is 4.74 Å². The summed E-state index contributed by atoms with van der Waals surface area (Å²) in [6.45, 7) is 3.90. The van der Waals surface area contributed by atoms with E-state index in [0.29, 0.717) is 0 Å². The number of ether oxygens (including phenoxy) is 1. The fourth-order valence-electron chi connectivity index (χ4n) is 1.12. The van der Waals surface area contributed by atoms with E-state index in [2.05, 4.69) is 24.3 Å². The van der Waals surface area contributed by atoms with Gasteiger partial charge in [-0.3, -0.25) is 0 Å². The van der Waals surface area contributed by atoms with Crippen molar-refractivity contribution in [2.24, 2.45) is 0 Å². The Kier molecular flexibility index (Phi) is 5.35. The molecule has 1 rings (SSSR count). The summed E-state index contributed by atoms with van der Waals surface area (Å²) in [7, 11) is 4.13. The van der Waals surface area contributed by atoms with Crippen molar-refractivity contribution in [3.05, 3.63) is 0 Å². The summed E-state index contributed by atoms with van der Waals surface area (Å²) >= 11 is 0. The van der Waals surface area contributed by atoms with E-state index in [1.807, 2.05) is 0 Å². The summed E-state index contributed by atoms with van der Waals surface area (Å²) < 4.78 is 5.47. The van der Waals surface area contributed by atoms with E-state index in [1.165, 1.54) is 12.8 Å². The van der Waals surface area contributed by atoms with Crippen molar-refractivity contribution >= 4 is 0 Å². The first-order chi connectivity index (χ1) is 6.29. The van der Waals surface area contributed by atoms with Crippen molar-refractivity contribution in [1.82, 2.24) is 10.2 Å². The molecular weight excluding hydrogens is 164 g/mol. The highest BCUT2D eigenvalue weighted by atomic mass is 16.5. The normalized spacial score (nSPS) is 16.8. The molecule has 1 aliphatic rings. The van der Waals surface area contributed by atoms with E-state index in [9.17, 15) is 0 Å². The molecule has 0 saturated heterocycles. The van der Waals surface area contributed by atoms with E-state index < -0.39 is 0 Å². The molecule has 1 aliphatic carbocycles. The van der Waals surface area contributed by atoms with E-state index in [-0.39, 0.29) is 0 Å². The zero-order valence-electron chi connectivity index (χ0n) is 8.88. The molecule has 0 bridgehead atoms. The summed E-state index contributed by atoms with van der Waals surface area (Å²) in [4.78, 5) is 2.14. The first-order valence-electron chi connectivity index (χ1n) is 5.25. The average Bonchev–Trinajstić information content (AvgIpc) is 2.86. The van der Waals surface area contributed by atoms with Gasteiger partial charge in [-0.1, -0.05) is 0 Å². The van der Waals surface area contributed by atoms with Gasteiger partial charge in [-0.05, 0) is 39.9 Å². The van der Waals surface area contributed by atoms with E-state index in [0.717, 1.165) is 38.8 Å². The Labute approximate surface area is 81.4 Å².